The Balaban J connectivity index is 2.00. The minimum Gasteiger partial charge on any atom is -0.466 e. The molecule has 0 bridgehead atoms. The van der Waals surface area contributed by atoms with Gasteiger partial charge in [-0.25, -0.2) is 13.4 Å². The van der Waals surface area contributed by atoms with Crippen LogP contribution >= 0.6 is 11.3 Å². The van der Waals surface area contributed by atoms with Crippen molar-refractivity contribution >= 4 is 38.2 Å². The maximum atomic E-state index is 12.3. The van der Waals surface area contributed by atoms with Gasteiger partial charge in [-0.05, 0) is 31.2 Å². The highest BCUT2D eigenvalue weighted by Gasteiger charge is 2.16. The van der Waals surface area contributed by atoms with Gasteiger partial charge < -0.3 is 9.47 Å². The highest BCUT2D eigenvalue weighted by Crippen LogP contribution is 2.18. The molecule has 1 amide bonds. The van der Waals surface area contributed by atoms with Crippen LogP contribution in [0.25, 0.3) is 0 Å². The Kier molecular flexibility index (Phi) is 7.45. The van der Waals surface area contributed by atoms with Gasteiger partial charge in [-0.1, -0.05) is 0 Å². The molecule has 1 aromatic carbocycles. The number of benzene rings is 1. The average molecular weight is 412 g/mol. The molecular weight excluding hydrogens is 392 g/mol. The summed E-state index contributed by atoms with van der Waals surface area (Å²) < 4.78 is 33.8. The number of esters is 1. The lowest BCUT2D eigenvalue weighted by Gasteiger charge is -2.06. The van der Waals surface area contributed by atoms with Crippen molar-refractivity contribution in [3.05, 3.63) is 40.9 Å². The first-order valence-electron chi connectivity index (χ1n) is 8.09. The van der Waals surface area contributed by atoms with Crippen LogP contribution in [0.2, 0.25) is 0 Å². The van der Waals surface area contributed by atoms with Crippen LogP contribution in [0.3, 0.4) is 0 Å². The zero-order valence-corrected chi connectivity index (χ0v) is 16.6. The molecule has 2 rings (SSSR count). The first-order valence-corrected chi connectivity index (χ1v) is 10.6. The number of hydrogen-bond acceptors (Lipinski definition) is 8. The molecule has 10 heteroatoms. The van der Waals surface area contributed by atoms with Gasteiger partial charge in [-0.2, -0.15) is 0 Å². The Morgan fingerprint density at radius 1 is 1.22 bits per heavy atom. The number of methoxy groups -OCH3 is 1. The number of thiazole rings is 1. The lowest BCUT2D eigenvalue weighted by atomic mass is 10.2. The molecule has 146 valence electrons. The van der Waals surface area contributed by atoms with Crippen molar-refractivity contribution in [2.75, 3.05) is 31.4 Å². The molecule has 0 saturated carbocycles. The molecule has 1 heterocycles. The van der Waals surface area contributed by atoms with Gasteiger partial charge in [0.25, 0.3) is 5.91 Å². The highest BCUT2D eigenvalue weighted by atomic mass is 32.2. The maximum absolute atomic E-state index is 12.3. The largest absolute Gasteiger partial charge is 0.466 e. The number of ether oxygens (including phenoxy) is 2. The molecular formula is C17H20N2O6S2. The summed E-state index contributed by atoms with van der Waals surface area (Å²) in [5.41, 5.74) is 0.802. The first-order chi connectivity index (χ1) is 12.9. The summed E-state index contributed by atoms with van der Waals surface area (Å²) in [5.74, 6) is -0.934. The van der Waals surface area contributed by atoms with E-state index in [1.807, 2.05) is 0 Å². The van der Waals surface area contributed by atoms with Crippen LogP contribution in [0.15, 0.2) is 34.5 Å². The molecule has 8 nitrogen and oxygen atoms in total. The fourth-order valence-electron chi connectivity index (χ4n) is 2.10. The van der Waals surface area contributed by atoms with Gasteiger partial charge in [-0.15, -0.1) is 11.3 Å². The van der Waals surface area contributed by atoms with Gasteiger partial charge in [0, 0.05) is 18.1 Å². The Morgan fingerprint density at radius 2 is 1.93 bits per heavy atom. The van der Waals surface area contributed by atoms with Crippen LogP contribution in [-0.2, 0) is 30.5 Å². The Hall–Kier alpha value is -2.30. The molecule has 0 saturated heterocycles. The summed E-state index contributed by atoms with van der Waals surface area (Å²) in [6, 6.07) is 5.63. The van der Waals surface area contributed by atoms with E-state index in [0.29, 0.717) is 23.0 Å². The van der Waals surface area contributed by atoms with Gasteiger partial charge in [0.2, 0.25) is 0 Å². The monoisotopic (exact) mass is 412 g/mol. The van der Waals surface area contributed by atoms with Crippen molar-refractivity contribution < 1.29 is 27.5 Å². The second-order valence-electron chi connectivity index (χ2n) is 5.42. The zero-order chi connectivity index (χ0) is 19.9. The van der Waals surface area contributed by atoms with E-state index in [4.69, 9.17) is 9.47 Å². The topological polar surface area (TPSA) is 112 Å². The predicted octanol–water partition coefficient (Wildman–Crippen LogP) is 1.92. The number of nitrogens with zero attached hydrogens (tertiary/aromatic N) is 1. The van der Waals surface area contributed by atoms with Crippen LogP contribution in [-0.4, -0.2) is 51.4 Å². The summed E-state index contributed by atoms with van der Waals surface area (Å²) >= 11 is 1.19. The zero-order valence-electron chi connectivity index (χ0n) is 14.9. The van der Waals surface area contributed by atoms with E-state index in [9.17, 15) is 18.0 Å². The standard InChI is InChI=1S/C17H20N2O6S2/c1-3-25-15(20)10-13-11-26-17(18-13)19-16(21)12-4-6-14(7-5-12)27(22,23)9-8-24-2/h4-7,11H,3,8-10H2,1-2H3,(H,18,19,21). The van der Waals surface area contributed by atoms with E-state index < -0.39 is 15.7 Å². The van der Waals surface area contributed by atoms with Gasteiger partial charge in [0.05, 0.1) is 36.0 Å². The molecule has 0 unspecified atom stereocenters. The van der Waals surface area contributed by atoms with Crippen LogP contribution in [0, 0.1) is 0 Å². The minimum atomic E-state index is -3.45. The molecule has 0 radical (unpaired) electrons. The minimum absolute atomic E-state index is 0.0360. The van der Waals surface area contributed by atoms with Gasteiger partial charge in [-0.3, -0.25) is 14.9 Å². The third kappa shape index (κ3) is 6.12. The Morgan fingerprint density at radius 3 is 2.56 bits per heavy atom. The molecule has 0 atom stereocenters. The number of sulfone groups is 1. The maximum Gasteiger partial charge on any atom is 0.311 e. The summed E-state index contributed by atoms with van der Waals surface area (Å²) in [4.78, 5) is 28.0. The summed E-state index contributed by atoms with van der Waals surface area (Å²) in [6.45, 7) is 2.12. The van der Waals surface area contributed by atoms with Crippen molar-refractivity contribution in [3.8, 4) is 0 Å². The van der Waals surface area contributed by atoms with Crippen molar-refractivity contribution in [1.29, 1.82) is 0 Å². The van der Waals surface area contributed by atoms with Crippen LogP contribution in [0.5, 0.6) is 0 Å². The third-order valence-electron chi connectivity index (χ3n) is 3.43. The fourth-order valence-corrected chi connectivity index (χ4v) is 3.98. The normalized spacial score (nSPS) is 11.2. The second-order valence-corrected chi connectivity index (χ2v) is 8.38. The lowest BCUT2D eigenvalue weighted by Crippen LogP contribution is -2.14. The smallest absolute Gasteiger partial charge is 0.311 e. The Labute approximate surface area is 161 Å². The number of nitrogens with one attached hydrogen (secondary N) is 1. The van der Waals surface area contributed by atoms with Crippen molar-refractivity contribution in [3.63, 3.8) is 0 Å². The number of aromatic nitrogens is 1. The van der Waals surface area contributed by atoms with Crippen molar-refractivity contribution in [2.45, 2.75) is 18.2 Å². The molecule has 0 aliphatic carbocycles. The molecule has 2 aromatic rings. The fraction of sp³-hybridized carbons (Fsp3) is 0.353. The van der Waals surface area contributed by atoms with Gasteiger partial charge in [0.1, 0.15) is 0 Å². The van der Waals surface area contributed by atoms with E-state index in [2.05, 4.69) is 10.3 Å². The Bertz CT molecular complexity index is 890. The predicted molar refractivity (Wildman–Crippen MR) is 101 cm³/mol. The van der Waals surface area contributed by atoms with E-state index in [1.165, 1.54) is 42.7 Å². The second kappa shape index (κ2) is 9.58. The average Bonchev–Trinajstić information content (AvgIpc) is 3.07. The van der Waals surface area contributed by atoms with Crippen LogP contribution in [0.1, 0.15) is 23.0 Å². The van der Waals surface area contributed by atoms with E-state index in [1.54, 1.807) is 12.3 Å². The summed E-state index contributed by atoms with van der Waals surface area (Å²) in [5, 5.41) is 4.63. The SMILES string of the molecule is CCOC(=O)Cc1csc(NC(=O)c2ccc(S(=O)(=O)CCOC)cc2)n1. The van der Waals surface area contributed by atoms with Crippen molar-refractivity contribution in [1.82, 2.24) is 4.98 Å². The highest BCUT2D eigenvalue weighted by molar-refractivity contribution is 7.91. The molecule has 27 heavy (non-hydrogen) atoms. The van der Waals surface area contributed by atoms with Gasteiger partial charge in [0.15, 0.2) is 15.0 Å². The van der Waals surface area contributed by atoms with E-state index in [-0.39, 0.29) is 29.6 Å². The number of hydrogen-bond donors (Lipinski definition) is 1. The molecule has 0 aliphatic heterocycles. The molecule has 1 aromatic heterocycles. The lowest BCUT2D eigenvalue weighted by molar-refractivity contribution is -0.142. The quantitative estimate of drug-likeness (QED) is 0.626. The van der Waals surface area contributed by atoms with Crippen LogP contribution in [0.4, 0.5) is 5.13 Å². The van der Waals surface area contributed by atoms with E-state index in [0.717, 1.165) is 0 Å². The first kappa shape index (κ1) is 21.0. The summed E-state index contributed by atoms with van der Waals surface area (Å²) in [6.07, 6.45) is 0.0360. The van der Waals surface area contributed by atoms with Crippen molar-refractivity contribution in [2.24, 2.45) is 0 Å². The molecule has 1 N–H and O–H groups in total. The number of carbonyl (C=O) groups excluding carboxylic acids is 2. The number of amides is 1. The third-order valence-corrected chi connectivity index (χ3v) is 5.94. The molecule has 0 fully saturated rings. The number of anilines is 1. The number of carbonyl (C=O) groups is 2. The molecule has 0 aliphatic rings. The molecule has 0 spiro atoms. The number of rotatable bonds is 9. The summed E-state index contributed by atoms with van der Waals surface area (Å²) in [7, 11) is -2.02. The van der Waals surface area contributed by atoms with Crippen LogP contribution < -0.4 is 5.32 Å². The van der Waals surface area contributed by atoms with Gasteiger partial charge >= 0.3 is 5.97 Å². The van der Waals surface area contributed by atoms with E-state index >= 15 is 0 Å².